The first-order chi connectivity index (χ1) is 6.07. The average Bonchev–Trinajstić information content (AvgIpc) is 2.29. The zero-order valence-electron chi connectivity index (χ0n) is 8.54. The first-order valence-electron chi connectivity index (χ1n) is 4.86. The molecule has 0 saturated carbocycles. The van der Waals surface area contributed by atoms with Gasteiger partial charge in [-0.05, 0) is 33.7 Å². The Balaban J connectivity index is 2.17. The number of hydrogen-bond donors (Lipinski definition) is 1. The SMILES string of the molecule is CC(C)(C)n1cc(C2CCN2)cn1. The summed E-state index contributed by atoms with van der Waals surface area (Å²) in [5.41, 5.74) is 1.42. The van der Waals surface area contributed by atoms with Crippen molar-refractivity contribution < 1.29 is 0 Å². The van der Waals surface area contributed by atoms with Crippen molar-refractivity contribution in [3.63, 3.8) is 0 Å². The van der Waals surface area contributed by atoms with Crippen LogP contribution in [0.4, 0.5) is 0 Å². The summed E-state index contributed by atoms with van der Waals surface area (Å²) in [6, 6.07) is 0.552. The van der Waals surface area contributed by atoms with E-state index in [2.05, 4.69) is 37.4 Å². The molecular weight excluding hydrogens is 162 g/mol. The molecule has 2 rings (SSSR count). The van der Waals surface area contributed by atoms with Crippen molar-refractivity contribution in [2.24, 2.45) is 0 Å². The molecule has 3 nitrogen and oxygen atoms in total. The molecule has 0 amide bonds. The van der Waals surface area contributed by atoms with Crippen LogP contribution in [0.3, 0.4) is 0 Å². The molecular formula is C10H17N3. The minimum atomic E-state index is 0.0992. The summed E-state index contributed by atoms with van der Waals surface area (Å²) in [5, 5.41) is 7.74. The van der Waals surface area contributed by atoms with Crippen LogP contribution < -0.4 is 5.32 Å². The second-order valence-electron chi connectivity index (χ2n) is 4.68. The van der Waals surface area contributed by atoms with E-state index in [1.54, 1.807) is 0 Å². The van der Waals surface area contributed by atoms with Gasteiger partial charge in [-0.2, -0.15) is 5.10 Å². The smallest absolute Gasteiger partial charge is 0.0543 e. The van der Waals surface area contributed by atoms with Gasteiger partial charge in [-0.3, -0.25) is 4.68 Å². The first kappa shape index (κ1) is 8.75. The molecule has 1 N–H and O–H groups in total. The summed E-state index contributed by atoms with van der Waals surface area (Å²) in [4.78, 5) is 0. The summed E-state index contributed by atoms with van der Waals surface area (Å²) < 4.78 is 2.03. The standard InChI is InChI=1S/C10H17N3/c1-10(2,3)13-7-8(6-12-13)9-4-5-11-9/h6-7,9,11H,4-5H2,1-3H3. The minimum absolute atomic E-state index is 0.0992. The summed E-state index contributed by atoms with van der Waals surface area (Å²) in [7, 11) is 0. The third-order valence-electron chi connectivity index (χ3n) is 2.52. The van der Waals surface area contributed by atoms with E-state index in [1.807, 2.05) is 10.9 Å². The zero-order valence-corrected chi connectivity index (χ0v) is 8.54. The molecule has 0 aliphatic carbocycles. The molecule has 3 heteroatoms. The molecule has 1 saturated heterocycles. The first-order valence-corrected chi connectivity index (χ1v) is 4.86. The average molecular weight is 179 g/mol. The molecule has 2 heterocycles. The van der Waals surface area contributed by atoms with Gasteiger partial charge in [-0.1, -0.05) is 0 Å². The lowest BCUT2D eigenvalue weighted by atomic mass is 10.0. The lowest BCUT2D eigenvalue weighted by molar-refractivity contribution is 0.351. The van der Waals surface area contributed by atoms with Crippen LogP contribution in [-0.2, 0) is 5.54 Å². The van der Waals surface area contributed by atoms with E-state index in [0.717, 1.165) is 6.54 Å². The van der Waals surface area contributed by atoms with Crippen LogP contribution in [0.25, 0.3) is 0 Å². The highest BCUT2D eigenvalue weighted by molar-refractivity contribution is 5.13. The van der Waals surface area contributed by atoms with Crippen LogP contribution >= 0.6 is 0 Å². The largest absolute Gasteiger partial charge is 0.310 e. The Morgan fingerprint density at radius 3 is 2.62 bits per heavy atom. The topological polar surface area (TPSA) is 29.9 Å². The number of nitrogens with one attached hydrogen (secondary N) is 1. The van der Waals surface area contributed by atoms with Crippen molar-refractivity contribution >= 4 is 0 Å². The van der Waals surface area contributed by atoms with Gasteiger partial charge in [0.15, 0.2) is 0 Å². The monoisotopic (exact) mass is 179 g/mol. The number of hydrogen-bond acceptors (Lipinski definition) is 2. The van der Waals surface area contributed by atoms with Crippen LogP contribution in [0.1, 0.15) is 38.8 Å². The highest BCUT2D eigenvalue weighted by Crippen LogP contribution is 2.23. The van der Waals surface area contributed by atoms with Gasteiger partial charge in [0.25, 0.3) is 0 Å². The molecule has 13 heavy (non-hydrogen) atoms. The number of rotatable bonds is 1. The fraction of sp³-hybridized carbons (Fsp3) is 0.700. The van der Waals surface area contributed by atoms with Crippen molar-refractivity contribution in [1.82, 2.24) is 15.1 Å². The minimum Gasteiger partial charge on any atom is -0.310 e. The maximum Gasteiger partial charge on any atom is 0.0543 e. The molecule has 72 valence electrons. The lowest BCUT2D eigenvalue weighted by Gasteiger charge is -2.26. The molecule has 1 unspecified atom stereocenters. The Labute approximate surface area is 79.1 Å². The van der Waals surface area contributed by atoms with Crippen LogP contribution in [0.5, 0.6) is 0 Å². The Morgan fingerprint density at radius 2 is 2.23 bits per heavy atom. The van der Waals surface area contributed by atoms with E-state index in [-0.39, 0.29) is 5.54 Å². The van der Waals surface area contributed by atoms with Crippen LogP contribution in [0.15, 0.2) is 12.4 Å². The highest BCUT2D eigenvalue weighted by atomic mass is 15.3. The van der Waals surface area contributed by atoms with E-state index in [0.29, 0.717) is 6.04 Å². The quantitative estimate of drug-likeness (QED) is 0.710. The maximum absolute atomic E-state index is 4.37. The van der Waals surface area contributed by atoms with Crippen molar-refractivity contribution in [2.75, 3.05) is 6.54 Å². The van der Waals surface area contributed by atoms with Gasteiger partial charge in [-0.25, -0.2) is 0 Å². The predicted molar refractivity (Wildman–Crippen MR) is 52.6 cm³/mol. The molecule has 0 spiro atoms. The van der Waals surface area contributed by atoms with Crippen LogP contribution in [0, 0.1) is 0 Å². The van der Waals surface area contributed by atoms with Gasteiger partial charge in [0.2, 0.25) is 0 Å². The molecule has 0 aromatic carbocycles. The summed E-state index contributed by atoms with van der Waals surface area (Å²) in [5.74, 6) is 0. The van der Waals surface area contributed by atoms with Gasteiger partial charge in [0.05, 0.1) is 11.7 Å². The predicted octanol–water partition coefficient (Wildman–Crippen LogP) is 1.67. The Kier molecular flexibility index (Phi) is 1.91. The summed E-state index contributed by atoms with van der Waals surface area (Å²) >= 11 is 0. The van der Waals surface area contributed by atoms with Gasteiger partial charge in [0, 0.05) is 17.8 Å². The molecule has 0 radical (unpaired) electrons. The van der Waals surface area contributed by atoms with Crippen molar-refractivity contribution in [3.8, 4) is 0 Å². The Morgan fingerprint density at radius 1 is 1.54 bits per heavy atom. The summed E-state index contributed by atoms with van der Waals surface area (Å²) in [6.07, 6.45) is 5.37. The fourth-order valence-corrected chi connectivity index (χ4v) is 1.46. The molecule has 1 atom stereocenters. The van der Waals surface area contributed by atoms with Crippen molar-refractivity contribution in [1.29, 1.82) is 0 Å². The molecule has 1 aromatic rings. The Bertz CT molecular complexity index is 291. The van der Waals surface area contributed by atoms with Gasteiger partial charge >= 0.3 is 0 Å². The molecule has 1 aliphatic heterocycles. The third-order valence-corrected chi connectivity index (χ3v) is 2.52. The number of nitrogens with zero attached hydrogens (tertiary/aromatic N) is 2. The van der Waals surface area contributed by atoms with Crippen molar-refractivity contribution in [3.05, 3.63) is 18.0 Å². The van der Waals surface area contributed by atoms with Gasteiger partial charge in [0.1, 0.15) is 0 Å². The lowest BCUT2D eigenvalue weighted by Crippen LogP contribution is -2.34. The van der Waals surface area contributed by atoms with E-state index in [4.69, 9.17) is 0 Å². The van der Waals surface area contributed by atoms with Crippen molar-refractivity contribution in [2.45, 2.75) is 38.8 Å². The third kappa shape index (κ3) is 1.61. The second kappa shape index (κ2) is 2.84. The molecule has 1 fully saturated rings. The fourth-order valence-electron chi connectivity index (χ4n) is 1.46. The number of aromatic nitrogens is 2. The van der Waals surface area contributed by atoms with E-state index in [1.165, 1.54) is 12.0 Å². The van der Waals surface area contributed by atoms with Gasteiger partial charge < -0.3 is 5.32 Å². The van der Waals surface area contributed by atoms with Crippen LogP contribution in [-0.4, -0.2) is 16.3 Å². The molecule has 0 bridgehead atoms. The van der Waals surface area contributed by atoms with Crippen LogP contribution in [0.2, 0.25) is 0 Å². The molecule has 1 aromatic heterocycles. The normalized spacial score (nSPS) is 22.8. The maximum atomic E-state index is 4.37. The zero-order chi connectivity index (χ0) is 9.47. The second-order valence-corrected chi connectivity index (χ2v) is 4.68. The van der Waals surface area contributed by atoms with E-state index >= 15 is 0 Å². The summed E-state index contributed by atoms with van der Waals surface area (Å²) in [6.45, 7) is 7.64. The highest BCUT2D eigenvalue weighted by Gasteiger charge is 2.22. The van der Waals surface area contributed by atoms with Gasteiger partial charge in [-0.15, -0.1) is 0 Å². The van der Waals surface area contributed by atoms with E-state index < -0.39 is 0 Å². The Hall–Kier alpha value is -0.830. The molecule has 1 aliphatic rings. The van der Waals surface area contributed by atoms with E-state index in [9.17, 15) is 0 Å².